The van der Waals surface area contributed by atoms with Gasteiger partial charge in [-0.3, -0.25) is 0 Å². The van der Waals surface area contributed by atoms with Crippen molar-refractivity contribution in [2.75, 3.05) is 0 Å². The molecule has 96 valence electrons. The van der Waals surface area contributed by atoms with Crippen LogP contribution in [0.3, 0.4) is 0 Å². The molecule has 0 aliphatic rings. The zero-order valence-electron chi connectivity index (χ0n) is 10.8. The van der Waals surface area contributed by atoms with Crippen molar-refractivity contribution in [2.24, 2.45) is 7.05 Å². The number of nitrogens with zero attached hydrogens (tertiary/aromatic N) is 4. The molecule has 1 N–H and O–H groups in total. The van der Waals surface area contributed by atoms with Crippen LogP contribution >= 0.6 is 0 Å². The first-order chi connectivity index (χ1) is 9.19. The lowest BCUT2D eigenvalue weighted by atomic mass is 10.1. The Bertz CT molecular complexity index is 748. The predicted molar refractivity (Wildman–Crippen MR) is 72.8 cm³/mol. The largest absolute Gasteiger partial charge is 0.508 e. The third kappa shape index (κ3) is 1.93. The minimum Gasteiger partial charge on any atom is -0.508 e. The summed E-state index contributed by atoms with van der Waals surface area (Å²) < 4.78 is 1.88. The molecule has 0 unspecified atom stereocenters. The van der Waals surface area contributed by atoms with Crippen molar-refractivity contribution in [1.82, 2.24) is 19.5 Å². The van der Waals surface area contributed by atoms with Crippen molar-refractivity contribution in [1.29, 1.82) is 0 Å². The summed E-state index contributed by atoms with van der Waals surface area (Å²) in [5, 5.41) is 9.70. The number of aryl methyl sites for hydroxylation is 2. The van der Waals surface area contributed by atoms with Gasteiger partial charge in [0.1, 0.15) is 11.3 Å². The van der Waals surface area contributed by atoms with Gasteiger partial charge in [-0.15, -0.1) is 0 Å². The molecule has 0 saturated carbocycles. The van der Waals surface area contributed by atoms with Gasteiger partial charge in [-0.1, -0.05) is 6.92 Å². The first-order valence-corrected chi connectivity index (χ1v) is 6.15. The van der Waals surface area contributed by atoms with Crippen LogP contribution in [0.2, 0.25) is 0 Å². The van der Waals surface area contributed by atoms with Gasteiger partial charge in [-0.2, -0.15) is 0 Å². The first kappa shape index (κ1) is 11.6. The Morgan fingerprint density at radius 1 is 1.26 bits per heavy atom. The number of aromatic hydroxyl groups is 1. The Morgan fingerprint density at radius 3 is 2.89 bits per heavy atom. The van der Waals surface area contributed by atoms with Crippen LogP contribution in [-0.2, 0) is 13.5 Å². The van der Waals surface area contributed by atoms with Gasteiger partial charge in [0, 0.05) is 12.6 Å². The Balaban J connectivity index is 2.13. The van der Waals surface area contributed by atoms with E-state index in [0.29, 0.717) is 17.2 Å². The zero-order chi connectivity index (χ0) is 13.4. The molecular weight excluding hydrogens is 240 g/mol. The Morgan fingerprint density at radius 2 is 2.11 bits per heavy atom. The molecule has 5 nitrogen and oxygen atoms in total. The molecule has 0 saturated heterocycles. The van der Waals surface area contributed by atoms with E-state index in [-0.39, 0.29) is 0 Å². The highest BCUT2D eigenvalue weighted by molar-refractivity contribution is 5.72. The second-order valence-corrected chi connectivity index (χ2v) is 4.45. The highest BCUT2D eigenvalue weighted by Crippen LogP contribution is 2.24. The number of phenolic OH excluding ortho intramolecular Hbond substituents is 1. The van der Waals surface area contributed by atoms with Crippen LogP contribution in [0.5, 0.6) is 5.75 Å². The van der Waals surface area contributed by atoms with Gasteiger partial charge >= 0.3 is 0 Å². The Kier molecular flexibility index (Phi) is 2.67. The van der Waals surface area contributed by atoms with Crippen molar-refractivity contribution in [3.8, 4) is 17.1 Å². The fraction of sp³-hybridized carbons (Fsp3) is 0.214. The molecule has 0 aliphatic heterocycles. The predicted octanol–water partition coefficient (Wildman–Crippen LogP) is 2.30. The summed E-state index contributed by atoms with van der Waals surface area (Å²) >= 11 is 0. The lowest BCUT2D eigenvalue weighted by Crippen LogP contribution is -1.93. The molecule has 2 heterocycles. The van der Waals surface area contributed by atoms with Crippen LogP contribution in [-0.4, -0.2) is 24.6 Å². The molecule has 0 amide bonds. The van der Waals surface area contributed by atoms with E-state index in [1.54, 1.807) is 18.6 Å². The smallest absolute Gasteiger partial charge is 0.181 e. The molecule has 19 heavy (non-hydrogen) atoms. The van der Waals surface area contributed by atoms with Crippen LogP contribution in [0.4, 0.5) is 0 Å². The number of fused-ring (bicyclic) bond motifs is 1. The van der Waals surface area contributed by atoms with Crippen LogP contribution in [0, 0.1) is 0 Å². The molecule has 3 rings (SSSR count). The number of hydrogen-bond acceptors (Lipinski definition) is 4. The highest BCUT2D eigenvalue weighted by atomic mass is 16.3. The van der Waals surface area contributed by atoms with Gasteiger partial charge in [0.05, 0.1) is 12.5 Å². The molecule has 2 aromatic heterocycles. The molecule has 0 spiro atoms. The molecule has 0 bridgehead atoms. The standard InChI is InChI=1S/C14H14N4O/c1-3-9-6-10(4-5-12(9)19)13-15-7-11-14(17-13)16-8-18(11)2/h4-8,19H,3H2,1-2H3. The maximum absolute atomic E-state index is 9.70. The summed E-state index contributed by atoms with van der Waals surface area (Å²) in [6, 6.07) is 5.41. The number of benzene rings is 1. The van der Waals surface area contributed by atoms with Gasteiger partial charge in [0.15, 0.2) is 11.5 Å². The maximum atomic E-state index is 9.70. The van der Waals surface area contributed by atoms with E-state index in [1.807, 2.05) is 30.7 Å². The normalized spacial score (nSPS) is 11.1. The molecule has 0 fully saturated rings. The molecule has 0 atom stereocenters. The van der Waals surface area contributed by atoms with Crippen LogP contribution in [0.1, 0.15) is 12.5 Å². The number of imidazole rings is 1. The minimum absolute atomic E-state index is 0.310. The van der Waals surface area contributed by atoms with Gasteiger partial charge in [0.2, 0.25) is 0 Å². The molecule has 5 heteroatoms. The second kappa shape index (κ2) is 4.35. The van der Waals surface area contributed by atoms with E-state index in [1.165, 1.54) is 0 Å². The molecular formula is C14H14N4O. The van der Waals surface area contributed by atoms with Crippen molar-refractivity contribution in [3.05, 3.63) is 36.3 Å². The fourth-order valence-electron chi connectivity index (χ4n) is 2.06. The van der Waals surface area contributed by atoms with Gasteiger partial charge in [-0.25, -0.2) is 15.0 Å². The molecule has 0 radical (unpaired) electrons. The lowest BCUT2D eigenvalue weighted by molar-refractivity contribution is 0.469. The molecule has 0 aliphatic carbocycles. The van der Waals surface area contributed by atoms with Crippen LogP contribution < -0.4 is 0 Å². The number of rotatable bonds is 2. The first-order valence-electron chi connectivity index (χ1n) is 6.15. The van der Waals surface area contributed by atoms with Crippen molar-refractivity contribution >= 4 is 11.2 Å². The number of aromatic nitrogens is 4. The van der Waals surface area contributed by atoms with Crippen molar-refractivity contribution < 1.29 is 5.11 Å². The summed E-state index contributed by atoms with van der Waals surface area (Å²) in [4.78, 5) is 13.0. The summed E-state index contributed by atoms with van der Waals surface area (Å²) in [5.41, 5.74) is 3.36. The maximum Gasteiger partial charge on any atom is 0.181 e. The van der Waals surface area contributed by atoms with E-state index < -0.39 is 0 Å². The fourth-order valence-corrected chi connectivity index (χ4v) is 2.06. The highest BCUT2D eigenvalue weighted by Gasteiger charge is 2.08. The number of hydrogen-bond donors (Lipinski definition) is 1. The topological polar surface area (TPSA) is 63.8 Å². The van der Waals surface area contributed by atoms with E-state index in [4.69, 9.17) is 0 Å². The summed E-state index contributed by atoms with van der Waals surface area (Å²) in [6.45, 7) is 2.00. The van der Waals surface area contributed by atoms with Crippen LogP contribution in [0.25, 0.3) is 22.6 Å². The minimum atomic E-state index is 0.310. The zero-order valence-corrected chi connectivity index (χ0v) is 10.8. The number of phenols is 1. The van der Waals surface area contributed by atoms with Gasteiger partial charge in [0.25, 0.3) is 0 Å². The van der Waals surface area contributed by atoms with Crippen LogP contribution in [0.15, 0.2) is 30.7 Å². The van der Waals surface area contributed by atoms with Crippen molar-refractivity contribution in [3.63, 3.8) is 0 Å². The van der Waals surface area contributed by atoms with E-state index in [0.717, 1.165) is 23.1 Å². The second-order valence-electron chi connectivity index (χ2n) is 4.45. The third-order valence-electron chi connectivity index (χ3n) is 3.20. The van der Waals surface area contributed by atoms with E-state index in [9.17, 15) is 5.11 Å². The average Bonchev–Trinajstić information content (AvgIpc) is 2.80. The third-order valence-corrected chi connectivity index (χ3v) is 3.20. The summed E-state index contributed by atoms with van der Waals surface area (Å²) in [7, 11) is 1.91. The quantitative estimate of drug-likeness (QED) is 0.762. The summed E-state index contributed by atoms with van der Waals surface area (Å²) in [5.74, 6) is 0.936. The monoisotopic (exact) mass is 254 g/mol. The van der Waals surface area contributed by atoms with E-state index in [2.05, 4.69) is 15.0 Å². The Labute approximate surface area is 110 Å². The average molecular weight is 254 g/mol. The molecule has 1 aromatic carbocycles. The van der Waals surface area contributed by atoms with Crippen molar-refractivity contribution in [2.45, 2.75) is 13.3 Å². The molecule has 3 aromatic rings. The SMILES string of the molecule is CCc1cc(-c2ncc3c(ncn3C)n2)ccc1O. The van der Waals surface area contributed by atoms with Gasteiger partial charge < -0.3 is 9.67 Å². The lowest BCUT2D eigenvalue weighted by Gasteiger charge is -2.05. The van der Waals surface area contributed by atoms with Gasteiger partial charge in [-0.05, 0) is 30.2 Å². The Hall–Kier alpha value is -2.43. The van der Waals surface area contributed by atoms with E-state index >= 15 is 0 Å². The summed E-state index contributed by atoms with van der Waals surface area (Å²) in [6.07, 6.45) is 4.26.